The maximum atomic E-state index is 4.84. The summed E-state index contributed by atoms with van der Waals surface area (Å²) in [6, 6.07) is 20.8. The molecule has 0 bridgehead atoms. The predicted molar refractivity (Wildman–Crippen MR) is 114 cm³/mol. The Labute approximate surface area is 163 Å². The van der Waals surface area contributed by atoms with Crippen LogP contribution in [0, 0.1) is 0 Å². The van der Waals surface area contributed by atoms with E-state index in [-0.39, 0.29) is 5.41 Å². The van der Waals surface area contributed by atoms with Gasteiger partial charge in [0, 0.05) is 5.56 Å². The van der Waals surface area contributed by atoms with E-state index in [0.717, 1.165) is 27.8 Å². The summed E-state index contributed by atoms with van der Waals surface area (Å²) in [4.78, 5) is 18.5. The maximum Gasteiger partial charge on any atom is 0.182 e. The number of aromatic nitrogens is 4. The molecule has 2 aromatic heterocycles. The molecule has 0 aliphatic carbocycles. The van der Waals surface area contributed by atoms with Gasteiger partial charge in [0.25, 0.3) is 0 Å². The quantitative estimate of drug-likeness (QED) is 0.359. The average molecular weight is 364 g/mol. The Morgan fingerprint density at radius 2 is 1.46 bits per heavy atom. The van der Waals surface area contributed by atoms with E-state index < -0.39 is 0 Å². The number of hydrogen-bond acceptors (Lipinski definition) is 4. The highest BCUT2D eigenvalue weighted by Gasteiger charge is 2.20. The van der Waals surface area contributed by atoms with Crippen LogP contribution in [-0.2, 0) is 5.41 Å². The minimum atomic E-state index is 0.0107. The van der Waals surface area contributed by atoms with E-state index in [0.29, 0.717) is 5.65 Å². The highest BCUT2D eigenvalue weighted by Crippen LogP contribution is 2.35. The summed E-state index contributed by atoms with van der Waals surface area (Å²) in [5, 5.41) is 2.47. The monoisotopic (exact) mass is 364 g/mol. The van der Waals surface area contributed by atoms with Crippen molar-refractivity contribution >= 4 is 33.0 Å². The Morgan fingerprint density at radius 1 is 0.750 bits per heavy atom. The molecule has 0 amide bonds. The van der Waals surface area contributed by atoms with Crippen LogP contribution >= 0.6 is 0 Å². The molecule has 136 valence electrons. The van der Waals surface area contributed by atoms with Crippen LogP contribution in [-0.4, -0.2) is 19.9 Å². The summed E-state index contributed by atoms with van der Waals surface area (Å²) in [6.07, 6.45) is 1.58. The standard InChI is InChI=1S/C24H20N4/c1-24(2,3)18-13-16(12-15-8-4-5-9-17(15)18)21-22-23(26-14-25-21)28-20-11-7-6-10-19(20)27-22/h4-14H,1-3H3. The Kier molecular flexibility index (Phi) is 3.63. The topological polar surface area (TPSA) is 51.6 Å². The van der Waals surface area contributed by atoms with Gasteiger partial charge in [-0.1, -0.05) is 57.2 Å². The largest absolute Gasteiger partial charge is 0.240 e. The van der Waals surface area contributed by atoms with Crippen molar-refractivity contribution in [2.45, 2.75) is 26.2 Å². The number of nitrogens with zero attached hydrogens (tertiary/aromatic N) is 4. The number of para-hydroxylation sites is 2. The van der Waals surface area contributed by atoms with E-state index in [1.165, 1.54) is 16.3 Å². The molecule has 0 saturated heterocycles. The number of fused-ring (bicyclic) bond motifs is 3. The van der Waals surface area contributed by atoms with Gasteiger partial charge in [-0.3, -0.25) is 0 Å². The van der Waals surface area contributed by atoms with E-state index in [4.69, 9.17) is 4.98 Å². The SMILES string of the molecule is CC(C)(C)c1cc(-c2ncnc3nc4ccccc4nc23)cc2ccccc12. The summed E-state index contributed by atoms with van der Waals surface area (Å²) < 4.78 is 0. The first-order chi connectivity index (χ1) is 13.5. The summed E-state index contributed by atoms with van der Waals surface area (Å²) >= 11 is 0. The average Bonchev–Trinajstić information content (AvgIpc) is 2.70. The number of rotatable bonds is 1. The molecule has 0 spiro atoms. The lowest BCUT2D eigenvalue weighted by Gasteiger charge is -2.22. The predicted octanol–water partition coefficient (Wildman–Crippen LogP) is 5.69. The van der Waals surface area contributed by atoms with Crippen LogP contribution in [0.1, 0.15) is 26.3 Å². The van der Waals surface area contributed by atoms with Gasteiger partial charge < -0.3 is 0 Å². The van der Waals surface area contributed by atoms with E-state index in [1.807, 2.05) is 24.3 Å². The van der Waals surface area contributed by atoms with Crippen molar-refractivity contribution in [3.05, 3.63) is 72.6 Å². The van der Waals surface area contributed by atoms with Crippen molar-refractivity contribution < 1.29 is 0 Å². The second-order valence-electron chi connectivity index (χ2n) is 8.10. The van der Waals surface area contributed by atoms with Gasteiger partial charge >= 0.3 is 0 Å². The minimum absolute atomic E-state index is 0.0107. The maximum absolute atomic E-state index is 4.84. The van der Waals surface area contributed by atoms with Crippen molar-refractivity contribution in [2.75, 3.05) is 0 Å². The third-order valence-corrected chi connectivity index (χ3v) is 5.09. The summed E-state index contributed by atoms with van der Waals surface area (Å²) in [7, 11) is 0. The fourth-order valence-corrected chi connectivity index (χ4v) is 3.72. The molecule has 0 N–H and O–H groups in total. The first kappa shape index (κ1) is 16.8. The van der Waals surface area contributed by atoms with Gasteiger partial charge in [-0.2, -0.15) is 0 Å². The van der Waals surface area contributed by atoms with Gasteiger partial charge in [0.2, 0.25) is 0 Å². The molecular formula is C24H20N4. The van der Waals surface area contributed by atoms with Crippen LogP contribution in [0.5, 0.6) is 0 Å². The first-order valence-electron chi connectivity index (χ1n) is 9.42. The Bertz CT molecular complexity index is 1350. The number of benzene rings is 3. The molecule has 4 nitrogen and oxygen atoms in total. The highest BCUT2D eigenvalue weighted by atomic mass is 15.0. The van der Waals surface area contributed by atoms with Gasteiger partial charge in [0.05, 0.1) is 11.0 Å². The van der Waals surface area contributed by atoms with Gasteiger partial charge in [-0.05, 0) is 46.0 Å². The van der Waals surface area contributed by atoms with Gasteiger partial charge in [0.1, 0.15) is 17.5 Å². The van der Waals surface area contributed by atoms with Crippen LogP contribution in [0.2, 0.25) is 0 Å². The third-order valence-electron chi connectivity index (χ3n) is 5.09. The van der Waals surface area contributed by atoms with Gasteiger partial charge in [0.15, 0.2) is 5.65 Å². The van der Waals surface area contributed by atoms with Crippen LogP contribution in [0.15, 0.2) is 67.0 Å². The fraction of sp³-hybridized carbons (Fsp3) is 0.167. The molecule has 0 fully saturated rings. The molecule has 5 rings (SSSR count). The van der Waals surface area contributed by atoms with Gasteiger partial charge in [-0.15, -0.1) is 0 Å². The summed E-state index contributed by atoms with van der Waals surface area (Å²) in [5.74, 6) is 0. The lowest BCUT2D eigenvalue weighted by atomic mass is 9.82. The van der Waals surface area contributed by atoms with Crippen molar-refractivity contribution in [2.24, 2.45) is 0 Å². The zero-order valence-corrected chi connectivity index (χ0v) is 16.1. The second-order valence-corrected chi connectivity index (χ2v) is 8.10. The van der Waals surface area contributed by atoms with Gasteiger partial charge in [-0.25, -0.2) is 19.9 Å². The van der Waals surface area contributed by atoms with Crippen LogP contribution in [0.25, 0.3) is 44.2 Å². The number of hydrogen-bond donors (Lipinski definition) is 0. The highest BCUT2D eigenvalue weighted by molar-refractivity contribution is 5.96. The Morgan fingerprint density at radius 3 is 2.25 bits per heavy atom. The van der Waals surface area contributed by atoms with Crippen LogP contribution < -0.4 is 0 Å². The van der Waals surface area contributed by atoms with Crippen LogP contribution in [0.3, 0.4) is 0 Å². The molecule has 0 aliphatic rings. The molecule has 5 aromatic rings. The van der Waals surface area contributed by atoms with Crippen LogP contribution in [0.4, 0.5) is 0 Å². The molecule has 3 aromatic carbocycles. The molecule has 0 saturated carbocycles. The van der Waals surface area contributed by atoms with E-state index in [2.05, 4.69) is 72.1 Å². The smallest absolute Gasteiger partial charge is 0.182 e. The fourth-order valence-electron chi connectivity index (χ4n) is 3.72. The molecule has 0 aliphatic heterocycles. The molecule has 0 radical (unpaired) electrons. The lowest BCUT2D eigenvalue weighted by Crippen LogP contribution is -2.12. The molecule has 0 unspecified atom stereocenters. The van der Waals surface area contributed by atoms with Crippen molar-refractivity contribution in [3.63, 3.8) is 0 Å². The normalized spacial score (nSPS) is 12.1. The van der Waals surface area contributed by atoms with Crippen molar-refractivity contribution in [3.8, 4) is 11.3 Å². The molecular weight excluding hydrogens is 344 g/mol. The molecule has 2 heterocycles. The Balaban J connectivity index is 1.85. The Hall–Kier alpha value is -3.40. The second kappa shape index (κ2) is 6.06. The van der Waals surface area contributed by atoms with E-state index >= 15 is 0 Å². The molecule has 0 atom stereocenters. The van der Waals surface area contributed by atoms with E-state index in [1.54, 1.807) is 6.33 Å². The van der Waals surface area contributed by atoms with Crippen molar-refractivity contribution in [1.82, 2.24) is 19.9 Å². The molecule has 28 heavy (non-hydrogen) atoms. The lowest BCUT2D eigenvalue weighted by molar-refractivity contribution is 0.596. The first-order valence-corrected chi connectivity index (χ1v) is 9.42. The summed E-state index contributed by atoms with van der Waals surface area (Å²) in [6.45, 7) is 6.72. The van der Waals surface area contributed by atoms with E-state index in [9.17, 15) is 0 Å². The zero-order valence-electron chi connectivity index (χ0n) is 16.1. The minimum Gasteiger partial charge on any atom is -0.240 e. The molecule has 4 heteroatoms. The third kappa shape index (κ3) is 2.69. The zero-order chi connectivity index (χ0) is 19.3. The summed E-state index contributed by atoms with van der Waals surface area (Å²) in [5.41, 5.74) is 6.21. The van der Waals surface area contributed by atoms with Crippen molar-refractivity contribution in [1.29, 1.82) is 0 Å².